The third kappa shape index (κ3) is 7.81. The minimum atomic E-state index is -3.76. The van der Waals surface area contributed by atoms with E-state index >= 15 is 0 Å². The summed E-state index contributed by atoms with van der Waals surface area (Å²) in [6.45, 7) is 4.05. The van der Waals surface area contributed by atoms with Crippen LogP contribution in [0.15, 0.2) is 0 Å². The highest BCUT2D eigenvalue weighted by Crippen LogP contribution is 2.08. The molecule has 0 aromatic carbocycles. The van der Waals surface area contributed by atoms with Gasteiger partial charge in [0, 0.05) is 0 Å². The second-order valence-electron chi connectivity index (χ2n) is 2.70. The Morgan fingerprint density at radius 2 is 2.09 bits per heavy atom. The molecule has 0 amide bonds. The van der Waals surface area contributed by atoms with Crippen molar-refractivity contribution in [3.05, 3.63) is 6.42 Å². The van der Waals surface area contributed by atoms with Gasteiger partial charge in [0.15, 0.2) is 0 Å². The topological polar surface area (TPSA) is 54.4 Å². The molecule has 0 rings (SSSR count). The Labute approximate surface area is 68.6 Å². The van der Waals surface area contributed by atoms with Gasteiger partial charge in [0.2, 0.25) is 0 Å². The second-order valence-corrected chi connectivity index (χ2v) is 4.27. The Morgan fingerprint density at radius 1 is 1.55 bits per heavy atom. The van der Waals surface area contributed by atoms with Crippen molar-refractivity contribution in [2.45, 2.75) is 26.7 Å². The molecule has 1 radical (unpaired) electrons. The quantitative estimate of drug-likeness (QED) is 0.651. The molecule has 0 aromatic heterocycles. The van der Waals surface area contributed by atoms with E-state index < -0.39 is 10.1 Å². The third-order valence-corrected chi connectivity index (χ3v) is 2.34. The van der Waals surface area contributed by atoms with Gasteiger partial charge in [-0.25, -0.2) is 0 Å². The lowest BCUT2D eigenvalue weighted by molar-refractivity contribution is 0.481. The minimum absolute atomic E-state index is 0.155. The number of rotatable bonds is 5. The molecule has 0 fully saturated rings. The highest BCUT2D eigenvalue weighted by Gasteiger charge is 2.05. The smallest absolute Gasteiger partial charge is 0.264 e. The van der Waals surface area contributed by atoms with Gasteiger partial charge in [-0.15, -0.1) is 0 Å². The molecule has 11 heavy (non-hydrogen) atoms. The summed E-state index contributed by atoms with van der Waals surface area (Å²) in [4.78, 5) is 0. The maximum atomic E-state index is 10.2. The molecule has 0 aliphatic heterocycles. The zero-order chi connectivity index (χ0) is 8.91. The maximum Gasteiger partial charge on any atom is 0.264 e. The summed E-state index contributed by atoms with van der Waals surface area (Å²) in [6.07, 6.45) is 3.35. The van der Waals surface area contributed by atoms with Gasteiger partial charge in [0.1, 0.15) is 0 Å². The molecule has 0 aliphatic carbocycles. The third-order valence-electron chi connectivity index (χ3n) is 1.59. The average molecular weight is 179 g/mol. The van der Waals surface area contributed by atoms with E-state index in [9.17, 15) is 8.42 Å². The van der Waals surface area contributed by atoms with Crippen molar-refractivity contribution < 1.29 is 13.0 Å². The highest BCUT2D eigenvalue weighted by molar-refractivity contribution is 7.85. The van der Waals surface area contributed by atoms with Crippen LogP contribution in [0.2, 0.25) is 0 Å². The summed E-state index contributed by atoms with van der Waals surface area (Å²) in [5.74, 6) is 0.272. The van der Waals surface area contributed by atoms with Crippen LogP contribution >= 0.6 is 0 Å². The zero-order valence-electron chi connectivity index (χ0n) is 6.95. The Balaban J connectivity index is 3.43. The molecule has 1 unspecified atom stereocenters. The summed E-state index contributed by atoms with van der Waals surface area (Å²) < 4.78 is 28.8. The first kappa shape index (κ1) is 10.9. The summed E-state index contributed by atoms with van der Waals surface area (Å²) in [6, 6.07) is 0. The van der Waals surface area contributed by atoms with E-state index in [1.54, 1.807) is 0 Å². The second kappa shape index (κ2) is 4.72. The van der Waals surface area contributed by atoms with Crippen LogP contribution in [0.5, 0.6) is 0 Å². The SMILES string of the molecule is CCC(C)[CH]CCS(=O)(=O)O. The maximum absolute atomic E-state index is 10.2. The average Bonchev–Trinajstić information content (AvgIpc) is 1.85. The van der Waals surface area contributed by atoms with Crippen molar-refractivity contribution in [3.63, 3.8) is 0 Å². The van der Waals surface area contributed by atoms with Gasteiger partial charge in [-0.3, -0.25) is 4.55 Å². The Morgan fingerprint density at radius 3 is 2.45 bits per heavy atom. The molecular weight excluding hydrogens is 164 g/mol. The van der Waals surface area contributed by atoms with E-state index in [2.05, 4.69) is 0 Å². The molecule has 0 heterocycles. The van der Waals surface area contributed by atoms with Gasteiger partial charge in [0.05, 0.1) is 5.75 Å². The normalized spacial score (nSPS) is 14.8. The van der Waals surface area contributed by atoms with Gasteiger partial charge in [-0.1, -0.05) is 20.3 Å². The van der Waals surface area contributed by atoms with Crippen molar-refractivity contribution >= 4 is 10.1 Å². The van der Waals surface area contributed by atoms with Crippen molar-refractivity contribution in [3.8, 4) is 0 Å². The first-order chi connectivity index (χ1) is 4.95. The summed E-state index contributed by atoms with van der Waals surface area (Å²) in [7, 11) is -3.76. The minimum Gasteiger partial charge on any atom is -0.286 e. The van der Waals surface area contributed by atoms with Crippen LogP contribution in [-0.4, -0.2) is 18.7 Å². The van der Waals surface area contributed by atoms with Crippen LogP contribution in [-0.2, 0) is 10.1 Å². The van der Waals surface area contributed by atoms with E-state index in [-0.39, 0.29) is 5.75 Å². The molecular formula is C7H15O3S. The monoisotopic (exact) mass is 179 g/mol. The van der Waals surface area contributed by atoms with Crippen LogP contribution in [0.25, 0.3) is 0 Å². The van der Waals surface area contributed by atoms with Crippen molar-refractivity contribution in [2.24, 2.45) is 5.92 Å². The Hall–Kier alpha value is -0.0900. The molecule has 1 N–H and O–H groups in total. The molecule has 0 aromatic rings. The number of hydrogen-bond donors (Lipinski definition) is 1. The van der Waals surface area contributed by atoms with E-state index in [0.717, 1.165) is 6.42 Å². The molecule has 4 heteroatoms. The van der Waals surface area contributed by atoms with Crippen molar-refractivity contribution in [1.82, 2.24) is 0 Å². The summed E-state index contributed by atoms with van der Waals surface area (Å²) in [5, 5.41) is 0. The highest BCUT2D eigenvalue weighted by atomic mass is 32.2. The standard InChI is InChI=1S/C7H15O3S/c1-3-7(2)5-4-6-11(8,9)10/h5,7H,3-4,6H2,1-2H3,(H,8,9,10). The van der Waals surface area contributed by atoms with Crippen LogP contribution in [0.4, 0.5) is 0 Å². The molecule has 0 saturated carbocycles. The van der Waals surface area contributed by atoms with E-state index in [4.69, 9.17) is 4.55 Å². The Kier molecular flexibility index (Phi) is 4.68. The fraction of sp³-hybridized carbons (Fsp3) is 0.857. The molecule has 3 nitrogen and oxygen atoms in total. The lowest BCUT2D eigenvalue weighted by Crippen LogP contribution is -2.05. The largest absolute Gasteiger partial charge is 0.286 e. The molecule has 0 bridgehead atoms. The van der Waals surface area contributed by atoms with Gasteiger partial charge in [-0.05, 0) is 18.8 Å². The predicted molar refractivity (Wildman–Crippen MR) is 44.8 cm³/mol. The van der Waals surface area contributed by atoms with Crippen molar-refractivity contribution in [2.75, 3.05) is 5.75 Å². The van der Waals surface area contributed by atoms with Gasteiger partial charge >= 0.3 is 0 Å². The van der Waals surface area contributed by atoms with Gasteiger partial charge in [-0.2, -0.15) is 8.42 Å². The fourth-order valence-electron chi connectivity index (χ4n) is 0.668. The van der Waals surface area contributed by atoms with E-state index in [1.165, 1.54) is 0 Å². The zero-order valence-corrected chi connectivity index (χ0v) is 7.76. The fourth-order valence-corrected chi connectivity index (χ4v) is 1.10. The lowest BCUT2D eigenvalue weighted by Gasteiger charge is -2.05. The van der Waals surface area contributed by atoms with Crippen LogP contribution < -0.4 is 0 Å². The van der Waals surface area contributed by atoms with E-state index in [0.29, 0.717) is 12.3 Å². The van der Waals surface area contributed by atoms with Crippen LogP contribution in [0, 0.1) is 12.3 Å². The first-order valence-corrected chi connectivity index (χ1v) is 5.35. The van der Waals surface area contributed by atoms with Gasteiger partial charge < -0.3 is 0 Å². The molecule has 0 saturated heterocycles. The molecule has 0 spiro atoms. The lowest BCUT2D eigenvalue weighted by atomic mass is 10.0. The molecule has 1 atom stereocenters. The first-order valence-electron chi connectivity index (χ1n) is 3.74. The molecule has 67 valence electrons. The summed E-state index contributed by atoms with van der Waals surface area (Å²) in [5.41, 5.74) is 0. The van der Waals surface area contributed by atoms with Crippen LogP contribution in [0.1, 0.15) is 26.7 Å². The van der Waals surface area contributed by atoms with E-state index in [1.807, 2.05) is 20.3 Å². The molecule has 0 aliphatic rings. The summed E-state index contributed by atoms with van der Waals surface area (Å²) >= 11 is 0. The predicted octanol–water partition coefficient (Wildman–Crippen LogP) is 1.51. The number of hydrogen-bond acceptors (Lipinski definition) is 2. The van der Waals surface area contributed by atoms with Gasteiger partial charge in [0.25, 0.3) is 10.1 Å². The van der Waals surface area contributed by atoms with Crippen LogP contribution in [0.3, 0.4) is 0 Å². The van der Waals surface area contributed by atoms with Crippen molar-refractivity contribution in [1.29, 1.82) is 0 Å². The Bertz CT molecular complexity index is 184.